The molecule has 1 amide bonds. The van der Waals surface area contributed by atoms with Crippen molar-refractivity contribution in [1.82, 2.24) is 0 Å². The Morgan fingerprint density at radius 3 is 2.69 bits per heavy atom. The third-order valence-corrected chi connectivity index (χ3v) is 2.28. The van der Waals surface area contributed by atoms with Crippen molar-refractivity contribution in [2.24, 2.45) is 16.5 Å². The second-order valence-corrected chi connectivity index (χ2v) is 3.94. The molecule has 5 N–H and O–H groups in total. The minimum atomic E-state index is -1.95. The van der Waals surface area contributed by atoms with Gasteiger partial charge in [0.05, 0.1) is 5.75 Å². The minimum Gasteiger partial charge on any atom is -0.370 e. The first kappa shape index (κ1) is 12.3. The first-order valence-corrected chi connectivity index (χ1v) is 5.57. The van der Waals surface area contributed by atoms with Crippen LogP contribution >= 0.6 is 0 Å². The molecule has 86 valence electrons. The zero-order valence-electron chi connectivity index (χ0n) is 8.29. The Labute approximate surface area is 94.6 Å². The number of benzene rings is 1. The maximum absolute atomic E-state index is 11.4. The number of carbonyl (C=O) groups is 1. The van der Waals surface area contributed by atoms with Crippen molar-refractivity contribution in [2.75, 3.05) is 0 Å². The highest BCUT2D eigenvalue weighted by Gasteiger charge is 2.06. The third-order valence-electron chi connectivity index (χ3n) is 1.69. The molecular formula is C9H11N3O3S. The molecule has 0 bridgehead atoms. The van der Waals surface area contributed by atoms with Crippen molar-refractivity contribution >= 4 is 22.9 Å². The molecular weight excluding hydrogens is 230 g/mol. The zero-order chi connectivity index (χ0) is 12.1. The second-order valence-electron chi connectivity index (χ2n) is 3.01. The summed E-state index contributed by atoms with van der Waals surface area (Å²) in [5.41, 5.74) is 11.0. The molecule has 0 spiro atoms. The van der Waals surface area contributed by atoms with Crippen molar-refractivity contribution in [1.29, 1.82) is 0 Å². The van der Waals surface area contributed by atoms with Gasteiger partial charge in [0.25, 0.3) is 5.91 Å². The molecule has 0 aliphatic rings. The summed E-state index contributed by atoms with van der Waals surface area (Å²) in [6.07, 6.45) is 0. The number of amides is 1. The molecule has 0 fully saturated rings. The SMILES string of the molecule is NC(N)=NC(=O)c1cccc(CS(=O)O)c1. The van der Waals surface area contributed by atoms with Gasteiger partial charge >= 0.3 is 0 Å². The van der Waals surface area contributed by atoms with Gasteiger partial charge in [0.2, 0.25) is 0 Å². The quantitative estimate of drug-likeness (QED) is 0.385. The van der Waals surface area contributed by atoms with Gasteiger partial charge in [0.15, 0.2) is 17.0 Å². The van der Waals surface area contributed by atoms with Crippen LogP contribution in [0.15, 0.2) is 29.3 Å². The van der Waals surface area contributed by atoms with Crippen molar-refractivity contribution in [3.8, 4) is 0 Å². The van der Waals surface area contributed by atoms with E-state index in [1.54, 1.807) is 12.1 Å². The van der Waals surface area contributed by atoms with Gasteiger partial charge in [-0.15, -0.1) is 0 Å². The average Bonchev–Trinajstić information content (AvgIpc) is 2.16. The van der Waals surface area contributed by atoms with Crippen molar-refractivity contribution in [3.63, 3.8) is 0 Å². The van der Waals surface area contributed by atoms with Gasteiger partial charge in [-0.25, -0.2) is 4.21 Å². The number of aliphatic imine (C=N–C) groups is 1. The highest BCUT2D eigenvalue weighted by atomic mass is 32.2. The summed E-state index contributed by atoms with van der Waals surface area (Å²) in [5, 5.41) is 0. The highest BCUT2D eigenvalue weighted by molar-refractivity contribution is 7.78. The molecule has 1 rings (SSSR count). The molecule has 0 aliphatic heterocycles. The van der Waals surface area contributed by atoms with Crippen LogP contribution in [-0.4, -0.2) is 20.6 Å². The van der Waals surface area contributed by atoms with Gasteiger partial charge < -0.3 is 16.0 Å². The third kappa shape index (κ3) is 3.79. The topological polar surface area (TPSA) is 119 Å². The monoisotopic (exact) mass is 241 g/mol. The first-order valence-electron chi connectivity index (χ1n) is 4.29. The lowest BCUT2D eigenvalue weighted by Gasteiger charge is -2.00. The fourth-order valence-corrected chi connectivity index (χ4v) is 1.58. The van der Waals surface area contributed by atoms with Crippen LogP contribution in [0.4, 0.5) is 0 Å². The van der Waals surface area contributed by atoms with Crippen molar-refractivity contribution < 1.29 is 13.6 Å². The molecule has 1 unspecified atom stereocenters. The molecule has 1 aromatic rings. The van der Waals surface area contributed by atoms with Crippen LogP contribution in [-0.2, 0) is 16.8 Å². The number of nitrogens with two attached hydrogens (primary N) is 2. The van der Waals surface area contributed by atoms with E-state index in [-0.39, 0.29) is 17.3 Å². The highest BCUT2D eigenvalue weighted by Crippen LogP contribution is 2.08. The van der Waals surface area contributed by atoms with Gasteiger partial charge in [-0.3, -0.25) is 4.79 Å². The molecule has 0 radical (unpaired) electrons. The molecule has 0 saturated carbocycles. The zero-order valence-corrected chi connectivity index (χ0v) is 9.11. The van der Waals surface area contributed by atoms with E-state index in [1.807, 2.05) is 0 Å². The van der Waals surface area contributed by atoms with Crippen LogP contribution in [0.25, 0.3) is 0 Å². The smallest absolute Gasteiger partial charge is 0.280 e. The van der Waals surface area contributed by atoms with E-state index in [2.05, 4.69) is 4.99 Å². The summed E-state index contributed by atoms with van der Waals surface area (Å²) in [6.45, 7) is 0. The number of hydrogen-bond acceptors (Lipinski definition) is 2. The average molecular weight is 241 g/mol. The fraction of sp³-hybridized carbons (Fsp3) is 0.111. The molecule has 0 aliphatic carbocycles. The second kappa shape index (κ2) is 5.38. The van der Waals surface area contributed by atoms with Crippen LogP contribution in [0, 0.1) is 0 Å². The van der Waals surface area contributed by atoms with E-state index in [1.165, 1.54) is 12.1 Å². The predicted octanol–water partition coefficient (Wildman–Crippen LogP) is -0.178. The molecule has 1 aromatic carbocycles. The van der Waals surface area contributed by atoms with Gasteiger partial charge in [0, 0.05) is 5.56 Å². The Morgan fingerprint density at radius 1 is 1.44 bits per heavy atom. The molecule has 0 aromatic heterocycles. The lowest BCUT2D eigenvalue weighted by molar-refractivity contribution is 0.100. The Hall–Kier alpha value is -1.73. The van der Waals surface area contributed by atoms with E-state index >= 15 is 0 Å². The van der Waals surface area contributed by atoms with Gasteiger partial charge in [-0.05, 0) is 17.7 Å². The van der Waals surface area contributed by atoms with Gasteiger partial charge in [-0.1, -0.05) is 12.1 Å². The van der Waals surface area contributed by atoms with E-state index in [0.29, 0.717) is 5.56 Å². The normalized spacial score (nSPS) is 11.8. The van der Waals surface area contributed by atoms with Crippen LogP contribution < -0.4 is 11.5 Å². The largest absolute Gasteiger partial charge is 0.370 e. The number of guanidine groups is 1. The summed E-state index contributed by atoms with van der Waals surface area (Å²) < 4.78 is 19.3. The van der Waals surface area contributed by atoms with Crippen molar-refractivity contribution in [2.45, 2.75) is 5.75 Å². The lowest BCUT2D eigenvalue weighted by atomic mass is 10.1. The van der Waals surface area contributed by atoms with Crippen LogP contribution in [0.1, 0.15) is 15.9 Å². The van der Waals surface area contributed by atoms with E-state index in [9.17, 15) is 9.00 Å². The molecule has 16 heavy (non-hydrogen) atoms. The number of hydrogen-bond donors (Lipinski definition) is 3. The molecule has 6 nitrogen and oxygen atoms in total. The minimum absolute atomic E-state index is 0.0387. The van der Waals surface area contributed by atoms with E-state index < -0.39 is 17.0 Å². The Morgan fingerprint density at radius 2 is 2.12 bits per heavy atom. The van der Waals surface area contributed by atoms with E-state index in [0.717, 1.165) is 0 Å². The molecule has 0 saturated heterocycles. The lowest BCUT2D eigenvalue weighted by Crippen LogP contribution is -2.24. The fourth-order valence-electron chi connectivity index (χ4n) is 1.12. The molecule has 0 heterocycles. The van der Waals surface area contributed by atoms with Gasteiger partial charge in [0.1, 0.15) is 0 Å². The molecule has 1 atom stereocenters. The molecule has 7 heteroatoms. The standard InChI is InChI=1S/C9H11N3O3S/c10-9(11)12-8(13)7-3-1-2-6(4-7)5-16(14)15/h1-4H,5H2,(H,14,15)(H4,10,11,12,13). The maximum Gasteiger partial charge on any atom is 0.280 e. The number of nitrogens with zero attached hydrogens (tertiary/aromatic N) is 1. The first-order chi connectivity index (χ1) is 7.49. The van der Waals surface area contributed by atoms with Gasteiger partial charge in [-0.2, -0.15) is 4.99 Å². The van der Waals surface area contributed by atoms with Crippen LogP contribution in [0.2, 0.25) is 0 Å². The predicted molar refractivity (Wildman–Crippen MR) is 61.1 cm³/mol. The summed E-state index contributed by atoms with van der Waals surface area (Å²) in [6, 6.07) is 6.24. The number of carbonyl (C=O) groups excluding carboxylic acids is 1. The Bertz CT molecular complexity index is 455. The summed E-state index contributed by atoms with van der Waals surface area (Å²) in [5.74, 6) is -0.935. The Balaban J connectivity index is 2.94. The summed E-state index contributed by atoms with van der Waals surface area (Å²) in [7, 11) is 0. The summed E-state index contributed by atoms with van der Waals surface area (Å²) >= 11 is -1.95. The van der Waals surface area contributed by atoms with Crippen LogP contribution in [0.3, 0.4) is 0 Å². The van der Waals surface area contributed by atoms with E-state index in [4.69, 9.17) is 16.0 Å². The van der Waals surface area contributed by atoms with Crippen LogP contribution in [0.5, 0.6) is 0 Å². The summed E-state index contributed by atoms with van der Waals surface area (Å²) in [4.78, 5) is 14.8. The maximum atomic E-state index is 11.4. The Kier molecular flexibility index (Phi) is 4.15. The van der Waals surface area contributed by atoms with Crippen molar-refractivity contribution in [3.05, 3.63) is 35.4 Å². The number of rotatable bonds is 3.